The van der Waals surface area contributed by atoms with Crippen LogP contribution < -0.4 is 10.1 Å². The number of nitrogens with zero attached hydrogens (tertiary/aromatic N) is 1. The summed E-state index contributed by atoms with van der Waals surface area (Å²) in [4.78, 5) is 9.42. The number of nitrogens with one attached hydrogen (secondary N) is 1. The van der Waals surface area contributed by atoms with E-state index in [9.17, 15) is 18.9 Å². The van der Waals surface area contributed by atoms with E-state index in [0.29, 0.717) is 25.1 Å². The van der Waals surface area contributed by atoms with Crippen molar-refractivity contribution in [3.63, 3.8) is 0 Å². The van der Waals surface area contributed by atoms with Crippen LogP contribution in [-0.4, -0.2) is 24.6 Å². The third kappa shape index (κ3) is 4.78. The van der Waals surface area contributed by atoms with Gasteiger partial charge in [0, 0.05) is 6.07 Å². The first-order valence-electron chi connectivity index (χ1n) is 6.03. The highest BCUT2D eigenvalue weighted by molar-refractivity contribution is 5.39. The summed E-state index contributed by atoms with van der Waals surface area (Å²) < 4.78 is 31.7. The Bertz CT molecular complexity index is 441. The van der Waals surface area contributed by atoms with E-state index in [0.717, 1.165) is 13.0 Å². The van der Waals surface area contributed by atoms with Gasteiger partial charge in [-0.15, -0.1) is 0 Å². The fourth-order valence-electron chi connectivity index (χ4n) is 1.45. The Hall–Kier alpha value is -1.76. The molecule has 0 aromatic heterocycles. The fourth-order valence-corrected chi connectivity index (χ4v) is 1.45. The number of ether oxygens (including phenoxy) is 1. The van der Waals surface area contributed by atoms with E-state index in [1.54, 1.807) is 0 Å². The molecule has 0 spiro atoms. The van der Waals surface area contributed by atoms with E-state index in [1.165, 1.54) is 0 Å². The van der Waals surface area contributed by atoms with Crippen molar-refractivity contribution in [2.45, 2.75) is 19.8 Å². The van der Waals surface area contributed by atoms with Crippen molar-refractivity contribution in [1.29, 1.82) is 0 Å². The molecule has 19 heavy (non-hydrogen) atoms. The van der Waals surface area contributed by atoms with Gasteiger partial charge in [0.05, 0.1) is 17.6 Å². The second-order valence-corrected chi connectivity index (χ2v) is 3.94. The van der Waals surface area contributed by atoms with Gasteiger partial charge in [0.25, 0.3) is 0 Å². The van der Waals surface area contributed by atoms with Gasteiger partial charge >= 0.3 is 5.69 Å². The van der Waals surface area contributed by atoms with Crippen molar-refractivity contribution in [1.82, 2.24) is 5.32 Å². The maximum atomic E-state index is 13.4. The second-order valence-electron chi connectivity index (χ2n) is 3.94. The van der Waals surface area contributed by atoms with Crippen LogP contribution in [-0.2, 0) is 0 Å². The van der Waals surface area contributed by atoms with Crippen molar-refractivity contribution >= 4 is 5.69 Å². The number of rotatable bonds is 8. The summed E-state index contributed by atoms with van der Waals surface area (Å²) in [6.07, 6.45) is 1.65. The number of nitro groups is 1. The van der Waals surface area contributed by atoms with Crippen LogP contribution in [0.5, 0.6) is 5.75 Å². The third-order valence-electron chi connectivity index (χ3n) is 2.38. The molecular weight excluding hydrogens is 258 g/mol. The molecule has 0 amide bonds. The minimum atomic E-state index is -1.11. The lowest BCUT2D eigenvalue weighted by molar-refractivity contribution is -0.387. The fraction of sp³-hybridized carbons (Fsp3) is 0.500. The van der Waals surface area contributed by atoms with Crippen LogP contribution in [0.25, 0.3) is 0 Å². The molecule has 1 rings (SSSR count). The molecule has 5 nitrogen and oxygen atoms in total. The average molecular weight is 274 g/mol. The van der Waals surface area contributed by atoms with Crippen molar-refractivity contribution in [2.75, 3.05) is 19.7 Å². The van der Waals surface area contributed by atoms with E-state index in [1.807, 2.05) is 6.92 Å². The molecule has 0 radical (unpaired) electrons. The summed E-state index contributed by atoms with van der Waals surface area (Å²) in [7, 11) is 0. The smallest absolute Gasteiger partial charge is 0.307 e. The highest BCUT2D eigenvalue weighted by Crippen LogP contribution is 2.26. The molecule has 0 heterocycles. The molecule has 0 bridgehead atoms. The number of hydrogen-bond acceptors (Lipinski definition) is 4. The lowest BCUT2D eigenvalue weighted by Crippen LogP contribution is -2.18. The molecule has 0 fully saturated rings. The lowest BCUT2D eigenvalue weighted by atomic mass is 10.3. The Morgan fingerprint density at radius 3 is 2.68 bits per heavy atom. The van der Waals surface area contributed by atoms with Gasteiger partial charge in [0.1, 0.15) is 0 Å². The molecule has 0 atom stereocenters. The average Bonchev–Trinajstić information content (AvgIpc) is 2.36. The molecule has 0 aliphatic heterocycles. The molecule has 1 aromatic rings. The monoisotopic (exact) mass is 274 g/mol. The zero-order chi connectivity index (χ0) is 14.3. The summed E-state index contributed by atoms with van der Waals surface area (Å²) in [5, 5.41) is 13.5. The normalized spacial score (nSPS) is 10.5. The summed E-state index contributed by atoms with van der Waals surface area (Å²) in [6.45, 7) is 3.86. The van der Waals surface area contributed by atoms with Crippen LogP contribution >= 0.6 is 0 Å². The summed E-state index contributed by atoms with van der Waals surface area (Å²) in [5.41, 5.74) is -0.894. The topological polar surface area (TPSA) is 64.4 Å². The van der Waals surface area contributed by atoms with E-state index < -0.39 is 22.2 Å². The molecular formula is C12H16F2N2O3. The van der Waals surface area contributed by atoms with Crippen molar-refractivity contribution in [3.05, 3.63) is 33.9 Å². The standard InChI is InChI=1S/C12H16F2N2O3/c1-2-4-15-5-3-6-19-12-8-9(13)11(16(17)18)7-10(12)14/h7-8,15H,2-6H2,1H3. The highest BCUT2D eigenvalue weighted by Gasteiger charge is 2.19. The molecule has 0 aliphatic rings. The maximum Gasteiger partial charge on any atom is 0.307 e. The summed E-state index contributed by atoms with van der Waals surface area (Å²) >= 11 is 0. The van der Waals surface area contributed by atoms with Crippen molar-refractivity contribution < 1.29 is 18.4 Å². The van der Waals surface area contributed by atoms with Crippen molar-refractivity contribution in [2.24, 2.45) is 0 Å². The van der Waals surface area contributed by atoms with E-state index in [2.05, 4.69) is 5.32 Å². The summed E-state index contributed by atoms with van der Waals surface area (Å²) in [5.74, 6) is -2.35. The second kappa shape index (κ2) is 7.63. The lowest BCUT2D eigenvalue weighted by Gasteiger charge is -2.08. The van der Waals surface area contributed by atoms with Crippen LogP contribution in [0.4, 0.5) is 14.5 Å². The quantitative estimate of drug-likeness (QED) is 0.449. The van der Waals surface area contributed by atoms with E-state index in [4.69, 9.17) is 4.74 Å². The predicted octanol–water partition coefficient (Wildman–Crippen LogP) is 2.64. The minimum absolute atomic E-state index is 0.213. The molecule has 1 N–H and O–H groups in total. The minimum Gasteiger partial charge on any atom is -0.490 e. The Labute approximate surface area is 109 Å². The number of halogens is 2. The van der Waals surface area contributed by atoms with Gasteiger partial charge in [0.2, 0.25) is 5.82 Å². The third-order valence-corrected chi connectivity index (χ3v) is 2.38. The first-order chi connectivity index (χ1) is 9.06. The predicted molar refractivity (Wildman–Crippen MR) is 66.3 cm³/mol. The summed E-state index contributed by atoms with van der Waals surface area (Å²) in [6, 6.07) is 1.23. The van der Waals surface area contributed by atoms with Gasteiger partial charge < -0.3 is 10.1 Å². The van der Waals surface area contributed by atoms with Gasteiger partial charge in [-0.2, -0.15) is 4.39 Å². The SMILES string of the molecule is CCCNCCCOc1cc(F)c([N+](=O)[O-])cc1F. The number of hydrogen-bond donors (Lipinski definition) is 1. The Morgan fingerprint density at radius 2 is 2.05 bits per heavy atom. The molecule has 0 saturated heterocycles. The van der Waals surface area contributed by atoms with Crippen LogP contribution in [0.2, 0.25) is 0 Å². The zero-order valence-corrected chi connectivity index (χ0v) is 10.6. The van der Waals surface area contributed by atoms with Gasteiger partial charge in [-0.3, -0.25) is 10.1 Å². The number of benzene rings is 1. The number of nitro benzene ring substituents is 1. The van der Waals surface area contributed by atoms with Crippen LogP contribution in [0.1, 0.15) is 19.8 Å². The van der Waals surface area contributed by atoms with Gasteiger partial charge in [0.15, 0.2) is 11.6 Å². The molecule has 1 aromatic carbocycles. The maximum absolute atomic E-state index is 13.4. The largest absolute Gasteiger partial charge is 0.490 e. The van der Waals surface area contributed by atoms with Gasteiger partial charge in [-0.1, -0.05) is 6.92 Å². The molecule has 7 heteroatoms. The van der Waals surface area contributed by atoms with Crippen molar-refractivity contribution in [3.8, 4) is 5.75 Å². The Balaban J connectivity index is 2.50. The van der Waals surface area contributed by atoms with Crippen LogP contribution in [0, 0.1) is 21.7 Å². The molecule has 0 saturated carbocycles. The van der Waals surface area contributed by atoms with Gasteiger partial charge in [-0.25, -0.2) is 4.39 Å². The first-order valence-corrected chi connectivity index (χ1v) is 6.03. The molecule has 106 valence electrons. The first kappa shape index (κ1) is 15.3. The van der Waals surface area contributed by atoms with Crippen LogP contribution in [0.15, 0.2) is 12.1 Å². The molecule has 0 unspecified atom stereocenters. The van der Waals surface area contributed by atoms with Gasteiger partial charge in [-0.05, 0) is 25.9 Å². The zero-order valence-electron chi connectivity index (χ0n) is 10.6. The Morgan fingerprint density at radius 1 is 1.32 bits per heavy atom. The Kier molecular flexibility index (Phi) is 6.14. The van der Waals surface area contributed by atoms with E-state index in [-0.39, 0.29) is 12.4 Å². The highest BCUT2D eigenvalue weighted by atomic mass is 19.1. The van der Waals surface area contributed by atoms with E-state index >= 15 is 0 Å². The molecule has 0 aliphatic carbocycles. The van der Waals surface area contributed by atoms with Crippen LogP contribution in [0.3, 0.4) is 0 Å².